The Labute approximate surface area is 149 Å². The number of aromatic nitrogens is 1. The summed E-state index contributed by atoms with van der Waals surface area (Å²) < 4.78 is 41.6. The number of rotatable bonds is 4. The maximum absolute atomic E-state index is 12.3. The Hall–Kier alpha value is -1.70. The molecular formula is C14H8Cl3F3N2O2. The number of carbonyl (C=O) groups is 1. The zero-order valence-corrected chi connectivity index (χ0v) is 13.9. The van der Waals surface area contributed by atoms with E-state index in [0.717, 1.165) is 6.07 Å². The summed E-state index contributed by atoms with van der Waals surface area (Å²) in [6.45, 7) is -1.52. The minimum atomic E-state index is -4.53. The minimum Gasteiger partial charge on any atom is -0.482 e. The number of nitrogens with one attached hydrogen (secondary N) is 1. The van der Waals surface area contributed by atoms with Crippen LogP contribution in [0.3, 0.4) is 0 Å². The topological polar surface area (TPSA) is 51.2 Å². The average molecular weight is 400 g/mol. The lowest BCUT2D eigenvalue weighted by atomic mass is 10.2. The van der Waals surface area contributed by atoms with Crippen molar-refractivity contribution in [2.24, 2.45) is 0 Å². The first-order valence-corrected chi connectivity index (χ1v) is 7.41. The van der Waals surface area contributed by atoms with Gasteiger partial charge in [0.05, 0.1) is 5.69 Å². The van der Waals surface area contributed by atoms with Crippen LogP contribution in [0.1, 0.15) is 10.4 Å². The monoisotopic (exact) mass is 398 g/mol. The average Bonchev–Trinajstić information content (AvgIpc) is 2.45. The van der Waals surface area contributed by atoms with Crippen molar-refractivity contribution in [2.45, 2.75) is 6.18 Å². The quantitative estimate of drug-likeness (QED) is 0.716. The molecule has 1 aromatic heterocycles. The summed E-state index contributed by atoms with van der Waals surface area (Å²) in [4.78, 5) is 15.9. The van der Waals surface area contributed by atoms with E-state index in [1.807, 2.05) is 0 Å². The van der Waals surface area contributed by atoms with Crippen LogP contribution < -0.4 is 10.1 Å². The molecule has 0 atom stereocenters. The van der Waals surface area contributed by atoms with Crippen molar-refractivity contribution in [3.63, 3.8) is 0 Å². The molecule has 0 aliphatic rings. The van der Waals surface area contributed by atoms with Gasteiger partial charge < -0.3 is 10.1 Å². The van der Waals surface area contributed by atoms with Gasteiger partial charge >= 0.3 is 6.18 Å². The number of benzene rings is 1. The predicted molar refractivity (Wildman–Crippen MR) is 85.2 cm³/mol. The zero-order chi connectivity index (χ0) is 17.9. The number of amides is 1. The van der Waals surface area contributed by atoms with Gasteiger partial charge in [-0.25, -0.2) is 4.98 Å². The minimum absolute atomic E-state index is 0.00250. The highest BCUT2D eigenvalue weighted by Gasteiger charge is 2.29. The van der Waals surface area contributed by atoms with Crippen LogP contribution in [0.4, 0.5) is 18.9 Å². The van der Waals surface area contributed by atoms with E-state index in [1.165, 1.54) is 24.3 Å². The molecule has 2 aromatic rings. The number of pyridine rings is 1. The molecular weight excluding hydrogens is 392 g/mol. The zero-order valence-electron chi connectivity index (χ0n) is 11.6. The van der Waals surface area contributed by atoms with Gasteiger partial charge in [0.1, 0.15) is 16.1 Å². The summed E-state index contributed by atoms with van der Waals surface area (Å²) >= 11 is 17.2. The standard InChI is InChI=1S/C14H8Cl3F3N2O2/c15-8-1-2-9(10(5-8)24-6-14(18,19)20)21-13(23)7-3-11(16)22-12(17)4-7/h1-5H,6H2,(H,21,23). The van der Waals surface area contributed by atoms with Gasteiger partial charge in [-0.3, -0.25) is 4.79 Å². The summed E-state index contributed by atoms with van der Waals surface area (Å²) in [6.07, 6.45) is -4.53. The van der Waals surface area contributed by atoms with Gasteiger partial charge in [-0.05, 0) is 24.3 Å². The molecule has 0 bridgehead atoms. The van der Waals surface area contributed by atoms with Crippen molar-refractivity contribution in [3.05, 3.63) is 51.2 Å². The molecule has 0 aliphatic heterocycles. The van der Waals surface area contributed by atoms with E-state index in [-0.39, 0.29) is 32.3 Å². The number of alkyl halides is 3. The van der Waals surface area contributed by atoms with E-state index in [0.29, 0.717) is 0 Å². The van der Waals surface area contributed by atoms with Crippen LogP contribution in [0.25, 0.3) is 0 Å². The third-order valence-electron chi connectivity index (χ3n) is 2.61. The summed E-state index contributed by atoms with van der Waals surface area (Å²) in [5.41, 5.74) is 0.0921. The first-order valence-electron chi connectivity index (χ1n) is 6.27. The van der Waals surface area contributed by atoms with Gasteiger partial charge in [-0.15, -0.1) is 0 Å². The Morgan fingerprint density at radius 1 is 1.12 bits per heavy atom. The van der Waals surface area contributed by atoms with Crippen LogP contribution in [-0.4, -0.2) is 23.7 Å². The number of anilines is 1. The Kier molecular flexibility index (Phi) is 5.79. The van der Waals surface area contributed by atoms with Crippen LogP contribution in [0.15, 0.2) is 30.3 Å². The molecule has 0 aliphatic carbocycles. The second-order valence-corrected chi connectivity index (χ2v) is 5.71. The first kappa shape index (κ1) is 18.6. The summed E-state index contributed by atoms with van der Waals surface area (Å²) in [6, 6.07) is 6.39. The Morgan fingerprint density at radius 2 is 1.75 bits per heavy atom. The second kappa shape index (κ2) is 7.46. The predicted octanol–water partition coefficient (Wildman–Crippen LogP) is 5.24. The largest absolute Gasteiger partial charge is 0.482 e. The van der Waals surface area contributed by atoms with Gasteiger partial charge in [-0.2, -0.15) is 13.2 Å². The molecule has 0 saturated heterocycles. The van der Waals surface area contributed by atoms with Crippen molar-refractivity contribution in [1.82, 2.24) is 4.98 Å². The van der Waals surface area contributed by atoms with E-state index in [9.17, 15) is 18.0 Å². The lowest BCUT2D eigenvalue weighted by Crippen LogP contribution is -2.20. The molecule has 0 spiro atoms. The highest BCUT2D eigenvalue weighted by Crippen LogP contribution is 2.30. The normalized spacial score (nSPS) is 11.2. The van der Waals surface area contributed by atoms with Crippen molar-refractivity contribution >= 4 is 46.4 Å². The second-order valence-electron chi connectivity index (χ2n) is 4.50. The number of ether oxygens (including phenoxy) is 1. The van der Waals surface area contributed by atoms with E-state index in [1.54, 1.807) is 0 Å². The van der Waals surface area contributed by atoms with Crippen LogP contribution in [0.5, 0.6) is 5.75 Å². The van der Waals surface area contributed by atoms with Crippen molar-refractivity contribution < 1.29 is 22.7 Å². The summed E-state index contributed by atoms with van der Waals surface area (Å²) in [5.74, 6) is -0.875. The van der Waals surface area contributed by atoms with Crippen LogP contribution in [-0.2, 0) is 0 Å². The van der Waals surface area contributed by atoms with Crippen LogP contribution >= 0.6 is 34.8 Å². The smallest absolute Gasteiger partial charge is 0.422 e. The number of carbonyl (C=O) groups excluding carboxylic acids is 1. The molecule has 1 heterocycles. The molecule has 1 amide bonds. The third-order valence-corrected chi connectivity index (χ3v) is 3.23. The van der Waals surface area contributed by atoms with E-state index in [4.69, 9.17) is 34.8 Å². The maximum atomic E-state index is 12.3. The summed E-state index contributed by atoms with van der Waals surface area (Å²) in [5, 5.41) is 2.56. The fourth-order valence-electron chi connectivity index (χ4n) is 1.67. The van der Waals surface area contributed by atoms with E-state index in [2.05, 4.69) is 15.0 Å². The number of hydrogen-bond donors (Lipinski definition) is 1. The lowest BCUT2D eigenvalue weighted by Gasteiger charge is -2.14. The SMILES string of the molecule is O=C(Nc1ccc(Cl)cc1OCC(F)(F)F)c1cc(Cl)nc(Cl)c1. The van der Waals surface area contributed by atoms with Crippen LogP contribution in [0, 0.1) is 0 Å². The molecule has 4 nitrogen and oxygen atoms in total. The Bertz CT molecular complexity index is 749. The van der Waals surface area contributed by atoms with Gasteiger partial charge in [-0.1, -0.05) is 34.8 Å². The molecule has 0 saturated carbocycles. The van der Waals surface area contributed by atoms with E-state index < -0.39 is 18.7 Å². The fourth-order valence-corrected chi connectivity index (χ4v) is 2.29. The number of hydrogen-bond acceptors (Lipinski definition) is 3. The van der Waals surface area contributed by atoms with Gasteiger partial charge in [0.2, 0.25) is 0 Å². The van der Waals surface area contributed by atoms with Crippen molar-refractivity contribution in [2.75, 3.05) is 11.9 Å². The maximum Gasteiger partial charge on any atom is 0.422 e. The van der Waals surface area contributed by atoms with Gasteiger partial charge in [0.15, 0.2) is 6.61 Å². The third kappa shape index (κ3) is 5.43. The van der Waals surface area contributed by atoms with Gasteiger partial charge in [0, 0.05) is 16.7 Å². The highest BCUT2D eigenvalue weighted by molar-refractivity contribution is 6.33. The molecule has 24 heavy (non-hydrogen) atoms. The van der Waals surface area contributed by atoms with Crippen molar-refractivity contribution in [3.8, 4) is 5.75 Å². The molecule has 0 radical (unpaired) electrons. The number of nitrogens with zero attached hydrogens (tertiary/aromatic N) is 1. The van der Waals surface area contributed by atoms with Gasteiger partial charge in [0.25, 0.3) is 5.91 Å². The Morgan fingerprint density at radius 3 is 2.33 bits per heavy atom. The molecule has 0 fully saturated rings. The fraction of sp³-hybridized carbons (Fsp3) is 0.143. The summed E-state index contributed by atoms with van der Waals surface area (Å²) in [7, 11) is 0. The molecule has 0 unspecified atom stereocenters. The molecule has 10 heteroatoms. The Balaban J connectivity index is 2.23. The first-order chi connectivity index (χ1) is 11.1. The number of halogens is 6. The van der Waals surface area contributed by atoms with Crippen LogP contribution in [0.2, 0.25) is 15.3 Å². The van der Waals surface area contributed by atoms with E-state index >= 15 is 0 Å². The molecule has 128 valence electrons. The lowest BCUT2D eigenvalue weighted by molar-refractivity contribution is -0.153. The highest BCUT2D eigenvalue weighted by atomic mass is 35.5. The molecule has 1 aromatic carbocycles. The molecule has 1 N–H and O–H groups in total. The molecule has 2 rings (SSSR count). The van der Waals surface area contributed by atoms with Crippen molar-refractivity contribution in [1.29, 1.82) is 0 Å².